The Morgan fingerprint density at radius 3 is 2.55 bits per heavy atom. The molecule has 3 nitrogen and oxygen atoms in total. The van der Waals surface area contributed by atoms with Crippen LogP contribution in [0.3, 0.4) is 0 Å². The van der Waals surface area contributed by atoms with Gasteiger partial charge in [-0.1, -0.05) is 0 Å². The second kappa shape index (κ2) is 6.14. The summed E-state index contributed by atoms with van der Waals surface area (Å²) in [5.74, 6) is -0.270. The first kappa shape index (κ1) is 10.4. The fourth-order valence-electron chi connectivity index (χ4n) is 0.643. The molecule has 0 radical (unpaired) electrons. The molecular weight excluding hydrogens is 142 g/mol. The van der Waals surface area contributed by atoms with Gasteiger partial charge in [0.05, 0.1) is 24.7 Å². The van der Waals surface area contributed by atoms with Gasteiger partial charge in [0.15, 0.2) is 0 Å². The maximum atomic E-state index is 8.61. The van der Waals surface area contributed by atoms with E-state index in [0.29, 0.717) is 13.0 Å². The van der Waals surface area contributed by atoms with E-state index in [4.69, 9.17) is 15.1 Å². The van der Waals surface area contributed by atoms with Gasteiger partial charge in [-0.05, 0) is 20.3 Å². The summed E-state index contributed by atoms with van der Waals surface area (Å²) in [6, 6.07) is 2.00. The van der Waals surface area contributed by atoms with Crippen LogP contribution in [0.1, 0.15) is 20.3 Å². The number of rotatable bonds is 5. The molecule has 0 fully saturated rings. The van der Waals surface area contributed by atoms with Crippen LogP contribution in [0, 0.1) is 17.2 Å². The molecule has 0 heterocycles. The summed E-state index contributed by atoms with van der Waals surface area (Å²) >= 11 is 0. The Hall–Kier alpha value is -0.590. The molecule has 0 spiro atoms. The molecule has 0 aromatic heterocycles. The van der Waals surface area contributed by atoms with Crippen LogP contribution in [-0.2, 0) is 4.74 Å². The van der Waals surface area contributed by atoms with Crippen LogP contribution < -0.4 is 0 Å². The zero-order chi connectivity index (χ0) is 8.69. The Morgan fingerprint density at radius 1 is 1.55 bits per heavy atom. The topological polar surface area (TPSA) is 53.2 Å². The predicted octanol–water partition coefficient (Wildman–Crippen LogP) is 0.934. The molecule has 11 heavy (non-hydrogen) atoms. The summed E-state index contributed by atoms with van der Waals surface area (Å²) in [6.45, 7) is 4.37. The number of nitriles is 1. The van der Waals surface area contributed by atoms with E-state index in [1.807, 2.05) is 19.9 Å². The second-order valence-corrected chi connectivity index (χ2v) is 2.72. The number of hydrogen-bond donors (Lipinski definition) is 1. The normalized spacial score (nSPS) is 13.0. The molecule has 64 valence electrons. The maximum absolute atomic E-state index is 8.61. The number of aliphatic hydroxyl groups is 1. The summed E-state index contributed by atoms with van der Waals surface area (Å²) in [5.41, 5.74) is 0. The molecule has 0 aromatic carbocycles. The average Bonchev–Trinajstić information content (AvgIpc) is 1.98. The molecule has 0 saturated heterocycles. The van der Waals surface area contributed by atoms with Crippen molar-refractivity contribution < 1.29 is 9.84 Å². The molecule has 0 amide bonds. The molecule has 0 saturated carbocycles. The summed E-state index contributed by atoms with van der Waals surface area (Å²) in [5, 5.41) is 17.0. The Balaban J connectivity index is 3.30. The van der Waals surface area contributed by atoms with Gasteiger partial charge in [-0.25, -0.2) is 0 Å². The fourth-order valence-corrected chi connectivity index (χ4v) is 0.643. The minimum Gasteiger partial charge on any atom is -0.395 e. The monoisotopic (exact) mass is 157 g/mol. The smallest absolute Gasteiger partial charge is 0.0716 e. The third-order valence-corrected chi connectivity index (χ3v) is 1.32. The lowest BCUT2D eigenvalue weighted by atomic mass is 10.1. The van der Waals surface area contributed by atoms with Crippen molar-refractivity contribution in [1.29, 1.82) is 5.26 Å². The average molecular weight is 157 g/mol. The molecule has 0 aliphatic rings. The van der Waals surface area contributed by atoms with Crippen molar-refractivity contribution >= 4 is 0 Å². The van der Waals surface area contributed by atoms with Crippen LogP contribution in [0.25, 0.3) is 0 Å². The number of hydrogen-bond acceptors (Lipinski definition) is 3. The molecule has 0 aliphatic carbocycles. The van der Waals surface area contributed by atoms with Crippen LogP contribution >= 0.6 is 0 Å². The third kappa shape index (κ3) is 5.84. The third-order valence-electron chi connectivity index (χ3n) is 1.32. The van der Waals surface area contributed by atoms with Crippen LogP contribution in [0.2, 0.25) is 0 Å². The van der Waals surface area contributed by atoms with Crippen molar-refractivity contribution in [3.63, 3.8) is 0 Å². The van der Waals surface area contributed by atoms with Crippen molar-refractivity contribution in [1.82, 2.24) is 0 Å². The van der Waals surface area contributed by atoms with E-state index in [-0.39, 0.29) is 18.6 Å². The maximum Gasteiger partial charge on any atom is 0.0716 e. The quantitative estimate of drug-likeness (QED) is 0.646. The van der Waals surface area contributed by atoms with E-state index in [9.17, 15) is 0 Å². The minimum atomic E-state index is -0.270. The molecule has 1 unspecified atom stereocenters. The minimum absolute atomic E-state index is 0.0715. The van der Waals surface area contributed by atoms with Gasteiger partial charge < -0.3 is 9.84 Å². The van der Waals surface area contributed by atoms with Crippen molar-refractivity contribution in [2.45, 2.75) is 26.4 Å². The van der Waals surface area contributed by atoms with E-state index < -0.39 is 0 Å². The number of nitrogens with zero attached hydrogens (tertiary/aromatic N) is 1. The van der Waals surface area contributed by atoms with E-state index in [1.54, 1.807) is 0 Å². The van der Waals surface area contributed by atoms with Gasteiger partial charge >= 0.3 is 0 Å². The lowest BCUT2D eigenvalue weighted by Crippen LogP contribution is -2.10. The zero-order valence-corrected chi connectivity index (χ0v) is 7.08. The predicted molar refractivity (Wildman–Crippen MR) is 41.9 cm³/mol. The van der Waals surface area contributed by atoms with Crippen molar-refractivity contribution in [2.75, 3.05) is 13.2 Å². The van der Waals surface area contributed by atoms with Gasteiger partial charge in [0.25, 0.3) is 0 Å². The lowest BCUT2D eigenvalue weighted by Gasteiger charge is -2.08. The Kier molecular flexibility index (Phi) is 5.81. The van der Waals surface area contributed by atoms with Gasteiger partial charge in [0.1, 0.15) is 0 Å². The summed E-state index contributed by atoms with van der Waals surface area (Å²) < 4.78 is 5.21. The molecule has 1 atom stereocenters. The van der Waals surface area contributed by atoms with Crippen molar-refractivity contribution in [3.8, 4) is 6.07 Å². The largest absolute Gasteiger partial charge is 0.395 e. The van der Waals surface area contributed by atoms with Gasteiger partial charge in [-0.3, -0.25) is 0 Å². The first-order valence-corrected chi connectivity index (χ1v) is 3.82. The van der Waals surface area contributed by atoms with Gasteiger partial charge in [-0.2, -0.15) is 5.26 Å². The van der Waals surface area contributed by atoms with E-state index in [0.717, 1.165) is 0 Å². The van der Waals surface area contributed by atoms with Crippen molar-refractivity contribution in [3.05, 3.63) is 0 Å². The molecule has 0 bridgehead atoms. The van der Waals surface area contributed by atoms with E-state index in [2.05, 4.69) is 0 Å². The van der Waals surface area contributed by atoms with Gasteiger partial charge in [0.2, 0.25) is 0 Å². The Morgan fingerprint density at radius 2 is 2.18 bits per heavy atom. The summed E-state index contributed by atoms with van der Waals surface area (Å²) in [6.07, 6.45) is 0.818. The highest BCUT2D eigenvalue weighted by molar-refractivity contribution is 4.81. The molecular formula is C8H15NO2. The molecule has 0 rings (SSSR count). The van der Waals surface area contributed by atoms with Crippen LogP contribution in [0.15, 0.2) is 0 Å². The van der Waals surface area contributed by atoms with Gasteiger partial charge in [-0.15, -0.1) is 0 Å². The molecule has 3 heteroatoms. The van der Waals surface area contributed by atoms with Crippen LogP contribution in [0.5, 0.6) is 0 Å². The highest BCUT2D eigenvalue weighted by Gasteiger charge is 2.04. The second-order valence-electron chi connectivity index (χ2n) is 2.72. The van der Waals surface area contributed by atoms with Crippen LogP contribution in [0.4, 0.5) is 0 Å². The van der Waals surface area contributed by atoms with Crippen LogP contribution in [-0.4, -0.2) is 24.4 Å². The van der Waals surface area contributed by atoms with Crippen molar-refractivity contribution in [2.24, 2.45) is 5.92 Å². The number of aliphatic hydroxyl groups excluding tert-OH is 1. The molecule has 0 aromatic rings. The molecule has 0 aliphatic heterocycles. The summed E-state index contributed by atoms with van der Waals surface area (Å²) in [7, 11) is 0. The van der Waals surface area contributed by atoms with Gasteiger partial charge in [0, 0.05) is 6.61 Å². The first-order chi connectivity index (χ1) is 5.20. The number of ether oxygens (including phenoxy) is 1. The zero-order valence-electron chi connectivity index (χ0n) is 7.08. The highest BCUT2D eigenvalue weighted by Crippen LogP contribution is 2.01. The Bertz CT molecular complexity index is 129. The first-order valence-electron chi connectivity index (χ1n) is 3.82. The summed E-state index contributed by atoms with van der Waals surface area (Å²) in [4.78, 5) is 0. The fraction of sp³-hybridized carbons (Fsp3) is 0.875. The standard InChI is InChI=1S/C8H15NO2/c1-7(2)11-4-3-8(5-9)6-10/h7-8,10H,3-4,6H2,1-2H3. The molecule has 1 N–H and O–H groups in total. The highest BCUT2D eigenvalue weighted by atomic mass is 16.5. The lowest BCUT2D eigenvalue weighted by molar-refractivity contribution is 0.0671. The SMILES string of the molecule is CC(C)OCCC(C#N)CO. The van der Waals surface area contributed by atoms with E-state index in [1.165, 1.54) is 0 Å². The van der Waals surface area contributed by atoms with E-state index >= 15 is 0 Å². The Labute approximate surface area is 67.6 Å².